The molecule has 0 bridgehead atoms. The largest absolute Gasteiger partial charge is 0.326 e. The topological polar surface area (TPSA) is 56.1 Å². The first-order chi connectivity index (χ1) is 11.6. The fraction of sp³-hybridized carbons (Fsp3) is 0.300. The van der Waals surface area contributed by atoms with Gasteiger partial charge in [-0.05, 0) is 37.6 Å². The zero-order valence-electron chi connectivity index (χ0n) is 14.2. The van der Waals surface area contributed by atoms with Crippen molar-refractivity contribution < 1.29 is 4.79 Å². The second kappa shape index (κ2) is 8.85. The van der Waals surface area contributed by atoms with Gasteiger partial charge in [0.1, 0.15) is 0 Å². The molecule has 124 valence electrons. The Hall–Kier alpha value is -2.64. The van der Waals surface area contributed by atoms with E-state index in [-0.39, 0.29) is 5.91 Å². The quantitative estimate of drug-likeness (QED) is 0.844. The lowest BCUT2D eigenvalue weighted by Gasteiger charge is -2.26. The Bertz CT molecular complexity index is 704. The maximum Gasteiger partial charge on any atom is 0.225 e. The number of hydrogen-bond donors (Lipinski definition) is 1. The van der Waals surface area contributed by atoms with E-state index in [1.54, 1.807) is 24.3 Å². The lowest BCUT2D eigenvalue weighted by Crippen LogP contribution is -2.33. The molecule has 1 N–H and O–H groups in total. The smallest absolute Gasteiger partial charge is 0.225 e. The van der Waals surface area contributed by atoms with Crippen LogP contribution >= 0.6 is 0 Å². The fourth-order valence-corrected chi connectivity index (χ4v) is 2.47. The van der Waals surface area contributed by atoms with Crippen LogP contribution in [-0.2, 0) is 11.3 Å². The lowest BCUT2D eigenvalue weighted by atomic mass is 10.1. The molecule has 0 fully saturated rings. The van der Waals surface area contributed by atoms with Crippen molar-refractivity contribution in [3.05, 3.63) is 65.7 Å². The summed E-state index contributed by atoms with van der Waals surface area (Å²) in [7, 11) is 0. The average Bonchev–Trinajstić information content (AvgIpc) is 2.59. The minimum atomic E-state index is -0.0381. The third-order valence-corrected chi connectivity index (χ3v) is 3.86. The zero-order valence-corrected chi connectivity index (χ0v) is 14.2. The number of amides is 1. The van der Waals surface area contributed by atoms with Crippen LogP contribution in [0.5, 0.6) is 0 Å². The second-order valence-corrected chi connectivity index (χ2v) is 6.04. The highest BCUT2D eigenvalue weighted by molar-refractivity contribution is 5.90. The van der Waals surface area contributed by atoms with Crippen molar-refractivity contribution in [2.75, 3.05) is 11.9 Å². The maximum absolute atomic E-state index is 12.2. The van der Waals surface area contributed by atoms with Crippen molar-refractivity contribution in [2.24, 2.45) is 0 Å². The van der Waals surface area contributed by atoms with Crippen molar-refractivity contribution in [3.63, 3.8) is 0 Å². The molecule has 1 amide bonds. The van der Waals surface area contributed by atoms with Crippen LogP contribution in [0.2, 0.25) is 0 Å². The Morgan fingerprint density at radius 3 is 2.58 bits per heavy atom. The number of carbonyl (C=O) groups excluding carboxylic acids is 1. The molecule has 24 heavy (non-hydrogen) atoms. The van der Waals surface area contributed by atoms with E-state index < -0.39 is 0 Å². The summed E-state index contributed by atoms with van der Waals surface area (Å²) in [5.74, 6) is -0.0381. The molecule has 0 saturated heterocycles. The Morgan fingerprint density at radius 1 is 1.17 bits per heavy atom. The summed E-state index contributed by atoms with van der Waals surface area (Å²) in [5, 5.41) is 11.8. The monoisotopic (exact) mass is 321 g/mol. The Morgan fingerprint density at radius 2 is 1.92 bits per heavy atom. The van der Waals surface area contributed by atoms with Crippen LogP contribution in [0.1, 0.15) is 31.4 Å². The Kier molecular flexibility index (Phi) is 6.53. The molecule has 0 aliphatic carbocycles. The predicted octanol–water partition coefficient (Wildman–Crippen LogP) is 3.80. The molecule has 0 atom stereocenters. The molecule has 0 aliphatic rings. The number of hydrogen-bond acceptors (Lipinski definition) is 3. The van der Waals surface area contributed by atoms with E-state index in [0.29, 0.717) is 30.3 Å². The summed E-state index contributed by atoms with van der Waals surface area (Å²) >= 11 is 0. The van der Waals surface area contributed by atoms with E-state index in [1.165, 1.54) is 5.56 Å². The summed E-state index contributed by atoms with van der Waals surface area (Å²) in [6, 6.07) is 19.7. The molecule has 0 aromatic heterocycles. The molecule has 2 aromatic rings. The van der Waals surface area contributed by atoms with Gasteiger partial charge in [0, 0.05) is 31.2 Å². The van der Waals surface area contributed by atoms with Crippen LogP contribution < -0.4 is 5.32 Å². The van der Waals surface area contributed by atoms with E-state index >= 15 is 0 Å². The first-order valence-electron chi connectivity index (χ1n) is 8.16. The van der Waals surface area contributed by atoms with E-state index in [4.69, 9.17) is 5.26 Å². The summed E-state index contributed by atoms with van der Waals surface area (Å²) in [6.45, 7) is 5.79. The fourth-order valence-electron chi connectivity index (χ4n) is 2.47. The summed E-state index contributed by atoms with van der Waals surface area (Å²) in [5.41, 5.74) is 2.45. The average molecular weight is 321 g/mol. The van der Waals surface area contributed by atoms with E-state index in [1.807, 2.05) is 18.2 Å². The third-order valence-electron chi connectivity index (χ3n) is 3.86. The molecule has 0 spiro atoms. The van der Waals surface area contributed by atoms with Gasteiger partial charge in [-0.25, -0.2) is 0 Å². The van der Waals surface area contributed by atoms with Gasteiger partial charge in [-0.2, -0.15) is 5.26 Å². The van der Waals surface area contributed by atoms with Gasteiger partial charge < -0.3 is 5.32 Å². The molecule has 0 aliphatic heterocycles. The van der Waals surface area contributed by atoms with Crippen LogP contribution in [0.4, 0.5) is 5.69 Å². The molecule has 2 aromatic carbocycles. The summed E-state index contributed by atoms with van der Waals surface area (Å²) < 4.78 is 0. The van der Waals surface area contributed by atoms with Gasteiger partial charge in [-0.1, -0.05) is 36.4 Å². The van der Waals surface area contributed by atoms with Crippen LogP contribution in [0, 0.1) is 11.3 Å². The highest BCUT2D eigenvalue weighted by Gasteiger charge is 2.12. The van der Waals surface area contributed by atoms with Crippen LogP contribution in [0.25, 0.3) is 0 Å². The highest BCUT2D eigenvalue weighted by atomic mass is 16.1. The second-order valence-electron chi connectivity index (χ2n) is 6.04. The van der Waals surface area contributed by atoms with Crippen molar-refractivity contribution >= 4 is 11.6 Å². The number of benzene rings is 2. The van der Waals surface area contributed by atoms with Crippen LogP contribution in [0.3, 0.4) is 0 Å². The Labute approximate surface area is 143 Å². The van der Waals surface area contributed by atoms with Gasteiger partial charge in [-0.3, -0.25) is 9.69 Å². The molecule has 4 heteroatoms. The predicted molar refractivity (Wildman–Crippen MR) is 96.4 cm³/mol. The molecule has 0 saturated carbocycles. The first kappa shape index (κ1) is 17.7. The number of rotatable bonds is 7. The number of nitrogens with zero attached hydrogens (tertiary/aromatic N) is 2. The van der Waals surface area contributed by atoms with Crippen molar-refractivity contribution in [1.82, 2.24) is 4.90 Å². The third kappa shape index (κ3) is 5.53. The minimum Gasteiger partial charge on any atom is -0.326 e. The van der Waals surface area contributed by atoms with E-state index in [0.717, 1.165) is 6.54 Å². The summed E-state index contributed by atoms with van der Waals surface area (Å²) in [4.78, 5) is 14.4. The number of carbonyl (C=O) groups is 1. The van der Waals surface area contributed by atoms with Gasteiger partial charge in [0.05, 0.1) is 11.6 Å². The Balaban J connectivity index is 1.89. The number of nitriles is 1. The number of anilines is 1. The van der Waals surface area contributed by atoms with Crippen LogP contribution in [-0.4, -0.2) is 23.4 Å². The van der Waals surface area contributed by atoms with Gasteiger partial charge >= 0.3 is 0 Å². The van der Waals surface area contributed by atoms with E-state index in [2.05, 4.69) is 42.3 Å². The van der Waals surface area contributed by atoms with Crippen molar-refractivity contribution in [1.29, 1.82) is 5.26 Å². The zero-order chi connectivity index (χ0) is 17.4. The highest BCUT2D eigenvalue weighted by Crippen LogP contribution is 2.12. The lowest BCUT2D eigenvalue weighted by molar-refractivity contribution is -0.116. The molecule has 4 nitrogen and oxygen atoms in total. The molecule has 0 unspecified atom stereocenters. The van der Waals surface area contributed by atoms with Crippen molar-refractivity contribution in [3.8, 4) is 6.07 Å². The van der Waals surface area contributed by atoms with Gasteiger partial charge in [0.2, 0.25) is 5.91 Å². The van der Waals surface area contributed by atoms with Gasteiger partial charge in [0.25, 0.3) is 0 Å². The standard InChI is InChI=1S/C20H23N3O/c1-16(2)23(15-17-7-4-3-5-8-17)12-11-20(24)22-19-10-6-9-18(13-19)14-21/h3-10,13,16H,11-12,15H2,1-2H3,(H,22,24). The minimum absolute atomic E-state index is 0.0381. The molecular weight excluding hydrogens is 298 g/mol. The maximum atomic E-state index is 12.2. The van der Waals surface area contributed by atoms with Gasteiger partial charge in [-0.15, -0.1) is 0 Å². The number of nitrogens with one attached hydrogen (secondary N) is 1. The SMILES string of the molecule is CC(C)N(CCC(=O)Nc1cccc(C#N)c1)Cc1ccccc1. The van der Waals surface area contributed by atoms with Crippen molar-refractivity contribution in [2.45, 2.75) is 32.9 Å². The summed E-state index contributed by atoms with van der Waals surface area (Å²) in [6.07, 6.45) is 0.418. The van der Waals surface area contributed by atoms with Crippen LogP contribution in [0.15, 0.2) is 54.6 Å². The molecule has 0 radical (unpaired) electrons. The van der Waals surface area contributed by atoms with Gasteiger partial charge in [0.15, 0.2) is 0 Å². The molecule has 0 heterocycles. The van der Waals surface area contributed by atoms with E-state index in [9.17, 15) is 4.79 Å². The molecular formula is C20H23N3O. The first-order valence-corrected chi connectivity index (χ1v) is 8.16. The molecule has 2 rings (SSSR count). The normalized spacial score (nSPS) is 10.6.